The molecule has 0 unspecified atom stereocenters. The highest BCUT2D eigenvalue weighted by Gasteiger charge is 2.60. The van der Waals surface area contributed by atoms with Gasteiger partial charge < -0.3 is 28.4 Å². The van der Waals surface area contributed by atoms with Crippen molar-refractivity contribution in [1.82, 2.24) is 0 Å². The Hall–Kier alpha value is -3.18. The van der Waals surface area contributed by atoms with Gasteiger partial charge in [0.05, 0.1) is 19.8 Å². The average molecular weight is 550 g/mol. The van der Waals surface area contributed by atoms with Crippen LogP contribution in [0.4, 0.5) is 0 Å². The molecule has 2 aliphatic rings. The van der Waals surface area contributed by atoms with E-state index in [0.717, 1.165) is 16.7 Å². The molecule has 0 saturated carbocycles. The smallest absolute Gasteiger partial charge is 0.264 e. The van der Waals surface area contributed by atoms with Crippen LogP contribution in [0.1, 0.15) is 30.5 Å². The molecule has 2 heterocycles. The lowest BCUT2D eigenvalue weighted by Gasteiger charge is -2.32. The van der Waals surface area contributed by atoms with Gasteiger partial charge in [-0.05, 0) is 30.5 Å². The predicted octanol–water partition coefficient (Wildman–Crippen LogP) is 4.90. The van der Waals surface area contributed by atoms with Gasteiger partial charge in [-0.15, -0.1) is 0 Å². The molecule has 0 radical (unpaired) electrons. The molecule has 0 bridgehead atoms. The van der Waals surface area contributed by atoms with Gasteiger partial charge in [-0.1, -0.05) is 91.0 Å². The van der Waals surface area contributed by atoms with E-state index in [-0.39, 0.29) is 31.4 Å². The Labute approximate surface area is 234 Å². The second-order valence-electron chi connectivity index (χ2n) is 10.4. The largest absolute Gasteiger partial charge is 0.370 e. The SMILES string of the molecule is CC1(C)O[C@H]2O[C@H]([C@H](OCc3ccccc3)[C@@H](COCc3ccccc3)[N+](=O)[O-])[C@H](OCc3ccccc3)[C@H]2O1. The van der Waals surface area contributed by atoms with Gasteiger partial charge >= 0.3 is 0 Å². The molecule has 5 rings (SSSR count). The van der Waals surface area contributed by atoms with Gasteiger partial charge in [-0.2, -0.15) is 0 Å². The lowest BCUT2D eigenvalue weighted by atomic mass is 9.99. The lowest BCUT2D eigenvalue weighted by molar-refractivity contribution is -0.544. The summed E-state index contributed by atoms with van der Waals surface area (Å²) in [6, 6.07) is 27.5. The van der Waals surface area contributed by atoms with Crippen LogP contribution in [0, 0.1) is 10.1 Å². The van der Waals surface area contributed by atoms with Gasteiger partial charge in [0.25, 0.3) is 6.04 Å². The van der Waals surface area contributed by atoms with E-state index in [1.54, 1.807) is 13.8 Å². The van der Waals surface area contributed by atoms with Crippen molar-refractivity contribution in [3.05, 3.63) is 118 Å². The number of fused-ring (bicyclic) bond motifs is 1. The minimum atomic E-state index is -1.23. The Kier molecular flexibility index (Phi) is 9.21. The molecule has 0 amide bonds. The average Bonchev–Trinajstić information content (AvgIpc) is 3.44. The topological polar surface area (TPSA) is 98.5 Å². The minimum Gasteiger partial charge on any atom is -0.370 e. The number of ether oxygens (including phenoxy) is 6. The second-order valence-corrected chi connectivity index (χ2v) is 10.4. The highest BCUT2D eigenvalue weighted by molar-refractivity contribution is 5.15. The Bertz CT molecular complexity index is 1210. The highest BCUT2D eigenvalue weighted by Crippen LogP contribution is 2.41. The summed E-state index contributed by atoms with van der Waals surface area (Å²) in [7, 11) is 0. The predicted molar refractivity (Wildman–Crippen MR) is 146 cm³/mol. The summed E-state index contributed by atoms with van der Waals surface area (Å²) >= 11 is 0. The summed E-state index contributed by atoms with van der Waals surface area (Å²) in [6.45, 7) is 4.10. The molecule has 3 aromatic rings. The van der Waals surface area contributed by atoms with Crippen molar-refractivity contribution in [3.63, 3.8) is 0 Å². The van der Waals surface area contributed by atoms with Crippen molar-refractivity contribution < 1.29 is 33.3 Å². The number of rotatable bonds is 13. The van der Waals surface area contributed by atoms with Gasteiger partial charge in [0, 0.05) is 4.92 Å². The maximum Gasteiger partial charge on any atom is 0.264 e. The van der Waals surface area contributed by atoms with Gasteiger partial charge in [-0.25, -0.2) is 0 Å². The minimum absolute atomic E-state index is 0.155. The molecular weight excluding hydrogens is 514 g/mol. The fourth-order valence-corrected chi connectivity index (χ4v) is 5.06. The fraction of sp³-hybridized carbons (Fsp3) is 0.419. The Morgan fingerprint density at radius 1 is 0.825 bits per heavy atom. The highest BCUT2D eigenvalue weighted by atomic mass is 16.8. The van der Waals surface area contributed by atoms with Crippen LogP contribution in [-0.2, 0) is 48.2 Å². The molecule has 0 aromatic heterocycles. The molecule has 2 aliphatic heterocycles. The fourth-order valence-electron chi connectivity index (χ4n) is 5.06. The molecule has 0 aliphatic carbocycles. The van der Waals surface area contributed by atoms with Gasteiger partial charge in [0.15, 0.2) is 18.2 Å². The quantitative estimate of drug-likeness (QED) is 0.219. The molecule has 0 N–H and O–H groups in total. The van der Waals surface area contributed by atoms with Crippen LogP contribution in [0.15, 0.2) is 91.0 Å². The Morgan fingerprint density at radius 2 is 1.38 bits per heavy atom. The van der Waals surface area contributed by atoms with Crippen molar-refractivity contribution >= 4 is 0 Å². The van der Waals surface area contributed by atoms with Crippen LogP contribution in [0.25, 0.3) is 0 Å². The molecule has 2 saturated heterocycles. The van der Waals surface area contributed by atoms with Crippen LogP contribution in [0.2, 0.25) is 0 Å². The van der Waals surface area contributed by atoms with E-state index in [9.17, 15) is 10.1 Å². The van der Waals surface area contributed by atoms with Crippen LogP contribution in [0.5, 0.6) is 0 Å². The lowest BCUT2D eigenvalue weighted by Crippen LogP contribution is -2.52. The zero-order chi connectivity index (χ0) is 28.0. The van der Waals surface area contributed by atoms with Gasteiger partial charge in [0.1, 0.15) is 24.9 Å². The maximum absolute atomic E-state index is 12.5. The van der Waals surface area contributed by atoms with Crippen molar-refractivity contribution in [2.24, 2.45) is 0 Å². The number of benzene rings is 3. The Balaban J connectivity index is 1.39. The second kappa shape index (κ2) is 13.0. The monoisotopic (exact) mass is 549 g/mol. The van der Waals surface area contributed by atoms with Crippen molar-refractivity contribution in [2.45, 2.75) is 76.2 Å². The third-order valence-electron chi connectivity index (χ3n) is 6.97. The van der Waals surface area contributed by atoms with Crippen molar-refractivity contribution in [3.8, 4) is 0 Å². The van der Waals surface area contributed by atoms with Crippen LogP contribution >= 0.6 is 0 Å². The van der Waals surface area contributed by atoms with Crippen LogP contribution in [0.3, 0.4) is 0 Å². The van der Waals surface area contributed by atoms with E-state index in [4.69, 9.17) is 28.4 Å². The zero-order valence-corrected chi connectivity index (χ0v) is 22.7. The first-order valence-corrected chi connectivity index (χ1v) is 13.5. The third-order valence-corrected chi connectivity index (χ3v) is 6.97. The molecule has 212 valence electrons. The van der Waals surface area contributed by atoms with E-state index < -0.39 is 42.5 Å². The number of hydrogen-bond donors (Lipinski definition) is 0. The van der Waals surface area contributed by atoms with Crippen molar-refractivity contribution in [2.75, 3.05) is 6.61 Å². The number of nitrogens with zero attached hydrogens (tertiary/aromatic N) is 1. The molecule has 3 aromatic carbocycles. The summed E-state index contributed by atoms with van der Waals surface area (Å²) in [5.74, 6) is -0.879. The molecule has 9 nitrogen and oxygen atoms in total. The molecular formula is C31H35NO8. The molecule has 9 heteroatoms. The van der Waals surface area contributed by atoms with Crippen molar-refractivity contribution in [1.29, 1.82) is 0 Å². The van der Waals surface area contributed by atoms with Gasteiger partial charge in [0.2, 0.25) is 0 Å². The summed E-state index contributed by atoms with van der Waals surface area (Å²) in [4.78, 5) is 12.1. The summed E-state index contributed by atoms with van der Waals surface area (Å²) < 4.78 is 37.0. The maximum atomic E-state index is 12.5. The van der Waals surface area contributed by atoms with E-state index in [0.29, 0.717) is 0 Å². The van der Waals surface area contributed by atoms with Crippen LogP contribution in [-0.4, -0.2) is 54.1 Å². The van der Waals surface area contributed by atoms with E-state index >= 15 is 0 Å². The van der Waals surface area contributed by atoms with E-state index in [2.05, 4.69) is 0 Å². The first-order valence-electron chi connectivity index (χ1n) is 13.5. The normalized spacial score (nSPS) is 24.9. The van der Waals surface area contributed by atoms with E-state index in [1.165, 1.54) is 0 Å². The summed E-state index contributed by atoms with van der Waals surface area (Å²) in [5, 5.41) is 12.5. The molecule has 0 spiro atoms. The molecule has 40 heavy (non-hydrogen) atoms. The number of nitro groups is 1. The van der Waals surface area contributed by atoms with Gasteiger partial charge in [-0.3, -0.25) is 10.1 Å². The van der Waals surface area contributed by atoms with E-state index in [1.807, 2.05) is 91.0 Å². The standard InChI is InChI=1S/C31H35NO8/c1-31(2)39-29-27(37-20-24-16-10-5-11-17-24)28(38-30(29)40-31)26(36-19-23-14-8-4-9-15-23)25(32(33)34)21-35-18-22-12-6-3-7-13-22/h3-17,25-30H,18-21H2,1-2H3/t25-,26-,27+,28-,29-,30-/m1/s1. The zero-order valence-electron chi connectivity index (χ0n) is 22.7. The molecule has 2 fully saturated rings. The number of hydrogen-bond acceptors (Lipinski definition) is 8. The first-order chi connectivity index (χ1) is 19.4. The van der Waals surface area contributed by atoms with Crippen LogP contribution < -0.4 is 0 Å². The molecule has 6 atom stereocenters. The Morgan fingerprint density at radius 3 is 1.95 bits per heavy atom. The summed E-state index contributed by atoms with van der Waals surface area (Å²) in [5.41, 5.74) is 2.76. The summed E-state index contributed by atoms with van der Waals surface area (Å²) in [6.07, 6.45) is -3.85. The first kappa shape index (κ1) is 28.4. The third kappa shape index (κ3) is 7.11.